The van der Waals surface area contributed by atoms with Crippen molar-refractivity contribution in [2.45, 2.75) is 0 Å². The molecule has 0 spiro atoms. The minimum atomic E-state index is -0.355. The van der Waals surface area contributed by atoms with E-state index in [0.29, 0.717) is 36.3 Å². The highest BCUT2D eigenvalue weighted by Crippen LogP contribution is 2.21. The highest BCUT2D eigenvalue weighted by Gasteiger charge is 2.12. The molecule has 4 aromatic rings. The molecule has 0 saturated heterocycles. The number of methoxy groups -OCH3 is 2. The van der Waals surface area contributed by atoms with Crippen LogP contribution >= 0.6 is 0 Å². The summed E-state index contributed by atoms with van der Waals surface area (Å²) in [4.78, 5) is 25.6. The molecule has 1 amide bonds. The molecule has 3 heterocycles. The molecule has 0 radical (unpaired) electrons. The van der Waals surface area contributed by atoms with E-state index in [2.05, 4.69) is 20.3 Å². The number of ether oxygens (including phenoxy) is 3. The molecular formula is C20H19N5O4. The zero-order valence-electron chi connectivity index (χ0n) is 16.0. The average molecular weight is 393 g/mol. The lowest BCUT2D eigenvalue weighted by Gasteiger charge is -2.07. The van der Waals surface area contributed by atoms with Crippen molar-refractivity contribution < 1.29 is 19.0 Å². The van der Waals surface area contributed by atoms with Crippen molar-refractivity contribution in [3.8, 4) is 11.6 Å². The van der Waals surface area contributed by atoms with Crippen LogP contribution in [0.1, 0.15) is 10.5 Å². The van der Waals surface area contributed by atoms with Gasteiger partial charge in [0.15, 0.2) is 0 Å². The van der Waals surface area contributed by atoms with Gasteiger partial charge < -0.3 is 19.5 Å². The fourth-order valence-corrected chi connectivity index (χ4v) is 2.80. The minimum absolute atomic E-state index is 0.250. The Kier molecular flexibility index (Phi) is 5.21. The first-order valence-corrected chi connectivity index (χ1v) is 8.90. The first-order chi connectivity index (χ1) is 14.2. The van der Waals surface area contributed by atoms with Gasteiger partial charge in [0.05, 0.1) is 36.6 Å². The van der Waals surface area contributed by atoms with Crippen LogP contribution < -0.4 is 14.8 Å². The third-order valence-electron chi connectivity index (χ3n) is 4.24. The number of rotatable bonds is 7. The predicted octanol–water partition coefficient (Wildman–Crippen LogP) is 2.56. The first-order valence-electron chi connectivity index (χ1n) is 8.90. The largest absolute Gasteiger partial charge is 0.497 e. The summed E-state index contributed by atoms with van der Waals surface area (Å²) in [5.41, 5.74) is 2.41. The normalized spacial score (nSPS) is 11.0. The summed E-state index contributed by atoms with van der Waals surface area (Å²) in [6.07, 6.45) is 3.29. The maximum absolute atomic E-state index is 12.6. The fraction of sp³-hybridized carbons (Fsp3) is 0.200. The standard InChI is InChI=1S/C20H19N5O4/c1-27-9-10-29-18-6-3-13(12-21-18)22-19(26)15-7-8-25-17-5-4-14(28-2)11-16(17)24-20(25)23-15/h3-8,11-12H,9-10H2,1-2H3,(H,22,26). The number of nitrogens with one attached hydrogen (secondary N) is 1. The van der Waals surface area contributed by atoms with Crippen molar-refractivity contribution in [1.82, 2.24) is 19.4 Å². The summed E-state index contributed by atoms with van der Waals surface area (Å²) in [7, 11) is 3.20. The van der Waals surface area contributed by atoms with Gasteiger partial charge in [0.25, 0.3) is 5.91 Å². The van der Waals surface area contributed by atoms with Crippen molar-refractivity contribution in [2.75, 3.05) is 32.8 Å². The number of hydrogen-bond acceptors (Lipinski definition) is 7. The quantitative estimate of drug-likeness (QED) is 0.482. The summed E-state index contributed by atoms with van der Waals surface area (Å²) < 4.78 is 17.4. The van der Waals surface area contributed by atoms with E-state index in [1.807, 2.05) is 22.6 Å². The Balaban J connectivity index is 1.51. The molecule has 0 atom stereocenters. The number of aromatic nitrogens is 4. The van der Waals surface area contributed by atoms with Gasteiger partial charge in [-0.2, -0.15) is 0 Å². The van der Waals surface area contributed by atoms with Gasteiger partial charge in [-0.25, -0.2) is 15.0 Å². The Labute approximate surface area is 166 Å². The Morgan fingerprint density at radius 2 is 2.00 bits per heavy atom. The molecule has 9 nitrogen and oxygen atoms in total. The van der Waals surface area contributed by atoms with E-state index in [1.54, 1.807) is 38.6 Å². The van der Waals surface area contributed by atoms with Crippen molar-refractivity contribution in [3.63, 3.8) is 0 Å². The smallest absolute Gasteiger partial charge is 0.274 e. The fourth-order valence-electron chi connectivity index (χ4n) is 2.80. The predicted molar refractivity (Wildman–Crippen MR) is 107 cm³/mol. The van der Waals surface area contributed by atoms with Crippen molar-refractivity contribution in [1.29, 1.82) is 0 Å². The second-order valence-corrected chi connectivity index (χ2v) is 6.13. The van der Waals surface area contributed by atoms with Gasteiger partial charge in [0.2, 0.25) is 11.7 Å². The van der Waals surface area contributed by atoms with E-state index < -0.39 is 0 Å². The lowest BCUT2D eigenvalue weighted by Crippen LogP contribution is -2.14. The summed E-state index contributed by atoms with van der Waals surface area (Å²) in [6.45, 7) is 0.883. The lowest BCUT2D eigenvalue weighted by atomic mass is 10.3. The Hall–Kier alpha value is -3.72. The second-order valence-electron chi connectivity index (χ2n) is 6.13. The Bertz CT molecular complexity index is 1160. The van der Waals surface area contributed by atoms with Gasteiger partial charge in [-0.15, -0.1) is 0 Å². The van der Waals surface area contributed by atoms with Crippen LogP contribution in [0.15, 0.2) is 48.8 Å². The number of imidazole rings is 1. The third-order valence-corrected chi connectivity index (χ3v) is 4.24. The number of nitrogens with zero attached hydrogens (tertiary/aromatic N) is 4. The molecule has 0 aliphatic carbocycles. The molecule has 1 aromatic carbocycles. The third kappa shape index (κ3) is 3.94. The van der Waals surface area contributed by atoms with Gasteiger partial charge in [-0.1, -0.05) is 0 Å². The van der Waals surface area contributed by atoms with E-state index >= 15 is 0 Å². The van der Waals surface area contributed by atoms with E-state index in [9.17, 15) is 4.79 Å². The minimum Gasteiger partial charge on any atom is -0.497 e. The maximum Gasteiger partial charge on any atom is 0.274 e. The number of pyridine rings is 1. The molecular weight excluding hydrogens is 374 g/mol. The maximum atomic E-state index is 12.6. The monoisotopic (exact) mass is 393 g/mol. The SMILES string of the molecule is COCCOc1ccc(NC(=O)c2ccn3c(n2)nc2cc(OC)ccc23)cn1. The topological polar surface area (TPSA) is 99.9 Å². The molecule has 148 valence electrons. The highest BCUT2D eigenvalue weighted by atomic mass is 16.5. The van der Waals surface area contributed by atoms with Gasteiger partial charge in [-0.3, -0.25) is 9.20 Å². The molecule has 0 aliphatic heterocycles. The highest BCUT2D eigenvalue weighted by molar-refractivity contribution is 6.03. The number of carbonyl (C=O) groups excluding carboxylic acids is 1. The molecule has 1 N–H and O–H groups in total. The Morgan fingerprint density at radius 3 is 2.76 bits per heavy atom. The van der Waals surface area contributed by atoms with Crippen LogP contribution in [-0.4, -0.2) is 52.7 Å². The molecule has 9 heteroatoms. The number of carbonyl (C=O) groups is 1. The molecule has 0 aliphatic rings. The Morgan fingerprint density at radius 1 is 1.10 bits per heavy atom. The number of amides is 1. The number of hydrogen-bond donors (Lipinski definition) is 1. The first kappa shape index (κ1) is 18.6. The zero-order valence-corrected chi connectivity index (χ0v) is 16.0. The summed E-state index contributed by atoms with van der Waals surface area (Å²) in [5.74, 6) is 1.24. The van der Waals surface area contributed by atoms with Crippen LogP contribution in [0.5, 0.6) is 11.6 Å². The van der Waals surface area contributed by atoms with Crippen LogP contribution in [-0.2, 0) is 4.74 Å². The van der Waals surface area contributed by atoms with Crippen molar-refractivity contribution >= 4 is 28.4 Å². The molecule has 0 bridgehead atoms. The molecule has 29 heavy (non-hydrogen) atoms. The molecule has 0 fully saturated rings. The van der Waals surface area contributed by atoms with Gasteiger partial charge in [0, 0.05) is 25.4 Å². The molecule has 4 rings (SSSR count). The van der Waals surface area contributed by atoms with Gasteiger partial charge in [-0.05, 0) is 24.3 Å². The summed E-state index contributed by atoms with van der Waals surface area (Å²) >= 11 is 0. The van der Waals surface area contributed by atoms with E-state index in [0.717, 1.165) is 11.0 Å². The second kappa shape index (κ2) is 8.11. The van der Waals surface area contributed by atoms with Crippen LogP contribution in [0.4, 0.5) is 5.69 Å². The molecule has 3 aromatic heterocycles. The average Bonchev–Trinajstić information content (AvgIpc) is 3.11. The van der Waals surface area contributed by atoms with Crippen LogP contribution in [0, 0.1) is 0 Å². The van der Waals surface area contributed by atoms with Crippen LogP contribution in [0.25, 0.3) is 16.8 Å². The number of anilines is 1. The van der Waals surface area contributed by atoms with Crippen molar-refractivity contribution in [2.24, 2.45) is 0 Å². The van der Waals surface area contributed by atoms with Gasteiger partial charge >= 0.3 is 0 Å². The van der Waals surface area contributed by atoms with Crippen molar-refractivity contribution in [3.05, 3.63) is 54.5 Å². The molecule has 0 saturated carbocycles. The van der Waals surface area contributed by atoms with Gasteiger partial charge in [0.1, 0.15) is 18.1 Å². The zero-order chi connectivity index (χ0) is 20.2. The molecule has 0 unspecified atom stereocenters. The van der Waals surface area contributed by atoms with E-state index in [1.165, 1.54) is 6.20 Å². The lowest BCUT2D eigenvalue weighted by molar-refractivity contribution is 0.102. The summed E-state index contributed by atoms with van der Waals surface area (Å²) in [6, 6.07) is 10.6. The number of benzene rings is 1. The van der Waals surface area contributed by atoms with Crippen LogP contribution in [0.2, 0.25) is 0 Å². The summed E-state index contributed by atoms with van der Waals surface area (Å²) in [5, 5.41) is 2.77. The van der Waals surface area contributed by atoms with Crippen LogP contribution in [0.3, 0.4) is 0 Å². The number of fused-ring (bicyclic) bond motifs is 3. The van der Waals surface area contributed by atoms with E-state index in [4.69, 9.17) is 14.2 Å². The van der Waals surface area contributed by atoms with E-state index in [-0.39, 0.29) is 11.6 Å².